The Morgan fingerprint density at radius 3 is 2.00 bits per heavy atom. The molecule has 0 bridgehead atoms. The summed E-state index contributed by atoms with van der Waals surface area (Å²) in [4.78, 5) is 12.8. The number of benzene rings is 3. The topological polar surface area (TPSA) is 79.9 Å². The highest BCUT2D eigenvalue weighted by Gasteiger charge is 2.48. The summed E-state index contributed by atoms with van der Waals surface area (Å²) >= 11 is 0. The number of nitrogens with zero attached hydrogens (tertiary/aromatic N) is 4. The highest BCUT2D eigenvalue weighted by molar-refractivity contribution is 5.97. The molecule has 1 aliphatic heterocycles. The van der Waals surface area contributed by atoms with Crippen molar-refractivity contribution in [3.05, 3.63) is 125 Å². The molecule has 0 radical (unpaired) electrons. The molecule has 6 rings (SSSR count). The van der Waals surface area contributed by atoms with Gasteiger partial charge in [-0.3, -0.25) is 9.69 Å². The number of rotatable bonds is 8. The number of ether oxygens (including phenoxy) is 1. The van der Waals surface area contributed by atoms with Crippen LogP contribution in [0.3, 0.4) is 0 Å². The minimum absolute atomic E-state index is 0.0495. The van der Waals surface area contributed by atoms with Crippen LogP contribution in [0.5, 0.6) is 0 Å². The second-order valence-electron chi connectivity index (χ2n) is 9.91. The van der Waals surface area contributed by atoms with Crippen LogP contribution in [0.1, 0.15) is 57.7 Å². The third kappa shape index (κ3) is 4.14. The van der Waals surface area contributed by atoms with Crippen molar-refractivity contribution in [2.24, 2.45) is 5.10 Å². The van der Waals surface area contributed by atoms with E-state index in [0.717, 1.165) is 40.1 Å². The van der Waals surface area contributed by atoms with Crippen LogP contribution in [-0.4, -0.2) is 51.3 Å². The Morgan fingerprint density at radius 1 is 0.923 bits per heavy atom. The van der Waals surface area contributed by atoms with Crippen molar-refractivity contribution in [2.45, 2.75) is 37.8 Å². The van der Waals surface area contributed by atoms with Crippen LogP contribution in [0.25, 0.3) is 0 Å². The summed E-state index contributed by atoms with van der Waals surface area (Å²) in [5, 5.41) is 22.0. The number of esters is 1. The molecule has 2 heterocycles. The van der Waals surface area contributed by atoms with Crippen LogP contribution < -0.4 is 0 Å². The molecule has 3 aromatic carbocycles. The van der Waals surface area contributed by atoms with Crippen LogP contribution in [0.15, 0.2) is 96.1 Å². The maximum Gasteiger partial charge on any atom is 0.359 e. The molecule has 0 saturated heterocycles. The number of hydrazone groups is 1. The monoisotopic (exact) mass is 520 g/mol. The minimum Gasteiger partial charge on any atom is -0.461 e. The standard InChI is InChI=1S/C32H32N4O3/c1-2-39-31(38)29-26-18-19-28-27(30(26)35(34-29)20-21-37)22-36(33-28)32(23-12-6-3-7-13-23,24-14-8-4-9-15-24)25-16-10-5-11-17-25/h3-17,27,37H,2,18-22H2,1H3. The zero-order valence-corrected chi connectivity index (χ0v) is 22.0. The third-order valence-corrected chi connectivity index (χ3v) is 7.80. The molecule has 4 aromatic rings. The fraction of sp³-hybridized carbons (Fsp3) is 0.281. The number of aliphatic hydroxyl groups excluding tert-OH is 1. The van der Waals surface area contributed by atoms with E-state index in [1.54, 1.807) is 11.6 Å². The van der Waals surface area contributed by atoms with Crippen LogP contribution in [-0.2, 0) is 23.2 Å². The maximum atomic E-state index is 12.8. The molecule has 1 aromatic heterocycles. The minimum atomic E-state index is -0.667. The normalized spacial score (nSPS) is 16.4. The van der Waals surface area contributed by atoms with Crippen LogP contribution in [0.2, 0.25) is 0 Å². The van der Waals surface area contributed by atoms with Gasteiger partial charge < -0.3 is 9.84 Å². The van der Waals surface area contributed by atoms with E-state index in [-0.39, 0.29) is 19.1 Å². The molecular formula is C32H32N4O3. The molecule has 7 nitrogen and oxygen atoms in total. The molecule has 1 aliphatic carbocycles. The predicted molar refractivity (Wildman–Crippen MR) is 150 cm³/mol. The molecule has 1 unspecified atom stereocenters. The lowest BCUT2D eigenvalue weighted by atomic mass is 9.76. The van der Waals surface area contributed by atoms with Gasteiger partial charge in [-0.15, -0.1) is 0 Å². The molecule has 0 amide bonds. The summed E-state index contributed by atoms with van der Waals surface area (Å²) < 4.78 is 7.12. The fourth-order valence-corrected chi connectivity index (χ4v) is 6.24. The number of hydrogen-bond donors (Lipinski definition) is 1. The van der Waals surface area contributed by atoms with E-state index in [4.69, 9.17) is 9.84 Å². The van der Waals surface area contributed by atoms with E-state index in [9.17, 15) is 9.90 Å². The molecular weight excluding hydrogens is 488 g/mol. The Morgan fingerprint density at radius 2 is 1.49 bits per heavy atom. The van der Waals surface area contributed by atoms with Gasteiger partial charge >= 0.3 is 5.97 Å². The van der Waals surface area contributed by atoms with Crippen molar-refractivity contribution < 1.29 is 14.6 Å². The number of fused-ring (bicyclic) bond motifs is 3. The number of carbonyl (C=O) groups is 1. The first-order valence-corrected chi connectivity index (χ1v) is 13.6. The lowest BCUT2D eigenvalue weighted by Crippen LogP contribution is -2.45. The van der Waals surface area contributed by atoms with Gasteiger partial charge in [0, 0.05) is 11.3 Å². The van der Waals surface area contributed by atoms with Gasteiger partial charge in [-0.2, -0.15) is 10.2 Å². The molecule has 7 heteroatoms. The highest BCUT2D eigenvalue weighted by atomic mass is 16.5. The van der Waals surface area contributed by atoms with E-state index in [2.05, 4.69) is 82.9 Å². The first-order valence-electron chi connectivity index (χ1n) is 13.6. The quantitative estimate of drug-likeness (QED) is 0.268. The zero-order valence-electron chi connectivity index (χ0n) is 22.0. The smallest absolute Gasteiger partial charge is 0.359 e. The first-order chi connectivity index (χ1) is 19.2. The summed E-state index contributed by atoms with van der Waals surface area (Å²) in [6.07, 6.45) is 1.40. The van der Waals surface area contributed by atoms with E-state index < -0.39 is 11.5 Å². The first kappa shape index (κ1) is 25.1. The number of carbonyl (C=O) groups excluding carboxylic acids is 1. The summed E-state index contributed by atoms with van der Waals surface area (Å²) in [6.45, 7) is 2.94. The molecule has 2 aliphatic rings. The highest BCUT2D eigenvalue weighted by Crippen LogP contribution is 2.47. The summed E-state index contributed by atoms with van der Waals surface area (Å²) in [5.74, 6) is -0.459. The Hall–Kier alpha value is -4.23. The van der Waals surface area contributed by atoms with Crippen LogP contribution in [0, 0.1) is 0 Å². The largest absolute Gasteiger partial charge is 0.461 e. The zero-order chi connectivity index (χ0) is 26.8. The Labute approximate surface area is 228 Å². The van der Waals surface area contributed by atoms with Crippen molar-refractivity contribution in [1.29, 1.82) is 0 Å². The van der Waals surface area contributed by atoms with Gasteiger partial charge in [-0.25, -0.2) is 4.79 Å². The fourth-order valence-electron chi connectivity index (χ4n) is 6.24. The SMILES string of the molecule is CCOC(=O)c1nn(CCO)c2c1CCC1=NN(C(c3ccccc3)(c3ccccc3)c3ccccc3)CC12. The van der Waals surface area contributed by atoms with Gasteiger partial charge in [0.25, 0.3) is 0 Å². The average Bonchev–Trinajstić information content (AvgIpc) is 3.58. The van der Waals surface area contributed by atoms with E-state index >= 15 is 0 Å². The number of hydrogen-bond acceptors (Lipinski definition) is 6. The molecule has 198 valence electrons. The van der Waals surface area contributed by atoms with Crippen molar-refractivity contribution in [3.63, 3.8) is 0 Å². The molecule has 1 N–H and O–H groups in total. The lowest BCUT2D eigenvalue weighted by Gasteiger charge is -2.42. The van der Waals surface area contributed by atoms with Crippen LogP contribution >= 0.6 is 0 Å². The predicted octanol–water partition coefficient (Wildman–Crippen LogP) is 4.75. The Kier molecular flexibility index (Phi) is 6.75. The molecule has 0 spiro atoms. The Bertz CT molecular complexity index is 1390. The maximum absolute atomic E-state index is 12.8. The lowest BCUT2D eigenvalue weighted by molar-refractivity contribution is 0.0516. The van der Waals surface area contributed by atoms with Gasteiger partial charge in [0.2, 0.25) is 0 Å². The Balaban J connectivity index is 1.53. The second kappa shape index (κ2) is 10.5. The van der Waals surface area contributed by atoms with E-state index in [0.29, 0.717) is 25.2 Å². The van der Waals surface area contributed by atoms with Gasteiger partial charge in [-0.1, -0.05) is 91.0 Å². The number of aliphatic hydroxyl groups is 1. The van der Waals surface area contributed by atoms with Gasteiger partial charge in [0.15, 0.2) is 5.69 Å². The van der Waals surface area contributed by atoms with Crippen molar-refractivity contribution in [2.75, 3.05) is 19.8 Å². The van der Waals surface area contributed by atoms with E-state index in [1.165, 1.54) is 0 Å². The van der Waals surface area contributed by atoms with Crippen molar-refractivity contribution in [3.8, 4) is 0 Å². The molecule has 1 atom stereocenters. The average molecular weight is 521 g/mol. The molecule has 0 saturated carbocycles. The van der Waals surface area contributed by atoms with Crippen molar-refractivity contribution in [1.82, 2.24) is 14.8 Å². The van der Waals surface area contributed by atoms with Crippen LogP contribution in [0.4, 0.5) is 0 Å². The summed E-state index contributed by atoms with van der Waals surface area (Å²) in [6, 6.07) is 31.6. The van der Waals surface area contributed by atoms with E-state index in [1.807, 2.05) is 18.2 Å². The third-order valence-electron chi connectivity index (χ3n) is 7.80. The number of aromatic nitrogens is 2. The van der Waals surface area contributed by atoms with Gasteiger partial charge in [0.05, 0.1) is 37.9 Å². The summed E-state index contributed by atoms with van der Waals surface area (Å²) in [5.41, 5.74) is 6.02. The summed E-state index contributed by atoms with van der Waals surface area (Å²) in [7, 11) is 0. The van der Waals surface area contributed by atoms with Crippen molar-refractivity contribution >= 4 is 11.7 Å². The van der Waals surface area contributed by atoms with Gasteiger partial charge in [0.1, 0.15) is 5.54 Å². The molecule has 0 fully saturated rings. The molecule has 39 heavy (non-hydrogen) atoms. The second-order valence-corrected chi connectivity index (χ2v) is 9.91. The van der Waals surface area contributed by atoms with Gasteiger partial charge in [-0.05, 0) is 36.5 Å².